The molecule has 4 aromatic rings. The zero-order valence-corrected chi connectivity index (χ0v) is 21.3. The van der Waals surface area contributed by atoms with Gasteiger partial charge in [-0.1, -0.05) is 83.1 Å². The third kappa shape index (κ3) is 6.51. The summed E-state index contributed by atoms with van der Waals surface area (Å²) < 4.78 is 5.25. The van der Waals surface area contributed by atoms with Crippen LogP contribution in [0, 0.1) is 0 Å². The Morgan fingerprint density at radius 3 is 2.53 bits per heavy atom. The molecule has 3 amide bonds. The second-order valence-electron chi connectivity index (χ2n) is 7.58. The minimum absolute atomic E-state index is 0.206. The summed E-state index contributed by atoms with van der Waals surface area (Å²) in [6.07, 6.45) is 0.255. The van der Waals surface area contributed by atoms with Gasteiger partial charge in [0.15, 0.2) is 0 Å². The molecule has 1 atom stereocenters. The molecule has 0 saturated heterocycles. The molecule has 0 saturated carbocycles. The molecule has 0 aliphatic heterocycles. The number of amides is 3. The van der Waals surface area contributed by atoms with Gasteiger partial charge in [-0.2, -0.15) is 0 Å². The number of rotatable bonds is 8. The molecular formula is C25H21Cl2N5O3S. The van der Waals surface area contributed by atoms with Gasteiger partial charge in [-0.3, -0.25) is 10.1 Å². The number of hydrogen-bond acceptors (Lipinski definition) is 6. The predicted octanol–water partition coefficient (Wildman–Crippen LogP) is 5.89. The molecule has 0 radical (unpaired) electrons. The van der Waals surface area contributed by atoms with E-state index in [1.165, 1.54) is 11.3 Å². The van der Waals surface area contributed by atoms with E-state index in [0.29, 0.717) is 26.6 Å². The number of carbonyl (C=O) groups excluding carboxylic acids is 2. The first-order chi connectivity index (χ1) is 17.4. The molecule has 0 aliphatic rings. The van der Waals surface area contributed by atoms with Crippen LogP contribution in [0.1, 0.15) is 5.56 Å². The Labute approximate surface area is 221 Å². The van der Waals surface area contributed by atoms with E-state index in [1.54, 1.807) is 25.3 Å². The lowest BCUT2D eigenvalue weighted by molar-refractivity contribution is -0.117. The summed E-state index contributed by atoms with van der Waals surface area (Å²) >= 11 is 13.4. The Hall–Kier alpha value is -3.66. The number of hydrogen-bond donors (Lipinski definition) is 3. The second-order valence-corrected chi connectivity index (χ2v) is 9.34. The average molecular weight is 542 g/mol. The molecule has 184 valence electrons. The number of ether oxygens (including phenoxy) is 1. The first kappa shape index (κ1) is 25.4. The number of halogens is 2. The lowest BCUT2D eigenvalue weighted by atomic mass is 10.1. The minimum Gasteiger partial charge on any atom is -0.497 e. The van der Waals surface area contributed by atoms with Gasteiger partial charge >= 0.3 is 6.03 Å². The molecule has 36 heavy (non-hydrogen) atoms. The topological polar surface area (TPSA) is 105 Å². The highest BCUT2D eigenvalue weighted by Gasteiger charge is 2.23. The Morgan fingerprint density at radius 2 is 1.75 bits per heavy atom. The summed E-state index contributed by atoms with van der Waals surface area (Å²) in [5, 5.41) is 17.8. The maximum absolute atomic E-state index is 13.2. The summed E-state index contributed by atoms with van der Waals surface area (Å²) in [6, 6.07) is 20.1. The van der Waals surface area contributed by atoms with Gasteiger partial charge in [0.2, 0.25) is 11.0 Å². The fourth-order valence-electron chi connectivity index (χ4n) is 3.32. The van der Waals surface area contributed by atoms with Crippen LogP contribution < -0.4 is 20.7 Å². The molecule has 0 spiro atoms. The zero-order valence-electron chi connectivity index (χ0n) is 19.0. The highest BCUT2D eigenvalue weighted by atomic mass is 35.5. The third-order valence-corrected chi connectivity index (χ3v) is 6.78. The standard InChI is InChI=1S/C25H21Cl2N5O3S/c1-35-17-10-5-9-16(14-17)23-31-32-25(36-23)30-22(33)20(13-15-7-3-2-4-8-15)29-24(34)28-19-12-6-11-18(26)21(19)27/h2-12,14,20H,13H2,1H3,(H2,28,29,34)(H,30,32,33)/t20-/m1/s1. The molecule has 11 heteroatoms. The second kappa shape index (κ2) is 11.9. The van der Waals surface area contributed by atoms with E-state index >= 15 is 0 Å². The van der Waals surface area contributed by atoms with Crippen molar-refractivity contribution in [3.63, 3.8) is 0 Å². The van der Waals surface area contributed by atoms with E-state index in [2.05, 4.69) is 26.1 Å². The minimum atomic E-state index is -0.908. The van der Waals surface area contributed by atoms with Crippen molar-refractivity contribution in [1.82, 2.24) is 15.5 Å². The highest BCUT2D eigenvalue weighted by molar-refractivity contribution is 7.18. The van der Waals surface area contributed by atoms with Crippen LogP contribution in [-0.2, 0) is 11.2 Å². The number of benzene rings is 3. The van der Waals surface area contributed by atoms with Crippen molar-refractivity contribution in [2.24, 2.45) is 0 Å². The Bertz CT molecular complexity index is 1370. The number of carbonyl (C=O) groups is 2. The average Bonchev–Trinajstić information content (AvgIpc) is 3.35. The van der Waals surface area contributed by atoms with Gasteiger partial charge in [-0.25, -0.2) is 4.79 Å². The third-order valence-electron chi connectivity index (χ3n) is 5.08. The van der Waals surface area contributed by atoms with Crippen LogP contribution in [0.4, 0.5) is 15.6 Å². The van der Waals surface area contributed by atoms with Crippen molar-refractivity contribution < 1.29 is 14.3 Å². The lowest BCUT2D eigenvalue weighted by Crippen LogP contribution is -2.47. The molecule has 0 aliphatic carbocycles. The molecule has 4 rings (SSSR count). The molecule has 0 fully saturated rings. The summed E-state index contributed by atoms with van der Waals surface area (Å²) in [5.74, 6) is 0.241. The van der Waals surface area contributed by atoms with E-state index in [-0.39, 0.29) is 11.4 Å². The van der Waals surface area contributed by atoms with Crippen molar-refractivity contribution >= 4 is 57.3 Å². The van der Waals surface area contributed by atoms with Gasteiger partial charge in [-0.15, -0.1) is 10.2 Å². The maximum atomic E-state index is 13.2. The van der Waals surface area contributed by atoms with E-state index in [4.69, 9.17) is 27.9 Å². The molecule has 1 heterocycles. The SMILES string of the molecule is COc1cccc(-c2nnc(NC(=O)[C@@H](Cc3ccccc3)NC(=O)Nc3cccc(Cl)c3Cl)s2)c1. The van der Waals surface area contributed by atoms with Gasteiger partial charge < -0.3 is 15.4 Å². The van der Waals surface area contributed by atoms with Crippen molar-refractivity contribution in [2.45, 2.75) is 12.5 Å². The van der Waals surface area contributed by atoms with E-state index in [0.717, 1.165) is 11.1 Å². The number of anilines is 2. The first-order valence-electron chi connectivity index (χ1n) is 10.8. The molecule has 0 bridgehead atoms. The van der Waals surface area contributed by atoms with Crippen LogP contribution in [0.3, 0.4) is 0 Å². The van der Waals surface area contributed by atoms with Gasteiger partial charge in [-0.05, 0) is 29.8 Å². The predicted molar refractivity (Wildman–Crippen MR) is 143 cm³/mol. The first-order valence-corrected chi connectivity index (χ1v) is 12.3. The lowest BCUT2D eigenvalue weighted by Gasteiger charge is -2.18. The Morgan fingerprint density at radius 1 is 0.972 bits per heavy atom. The van der Waals surface area contributed by atoms with Crippen LogP contribution in [0.15, 0.2) is 72.8 Å². The molecule has 8 nitrogen and oxygen atoms in total. The van der Waals surface area contributed by atoms with Crippen LogP contribution in [-0.4, -0.2) is 35.3 Å². The van der Waals surface area contributed by atoms with Crippen LogP contribution in [0.2, 0.25) is 10.0 Å². The Kier molecular flexibility index (Phi) is 8.37. The summed E-state index contributed by atoms with van der Waals surface area (Å²) in [5.41, 5.74) is 2.00. The summed E-state index contributed by atoms with van der Waals surface area (Å²) in [4.78, 5) is 25.9. The van der Waals surface area contributed by atoms with Crippen molar-refractivity contribution in [3.05, 3.63) is 88.4 Å². The van der Waals surface area contributed by atoms with Crippen molar-refractivity contribution in [2.75, 3.05) is 17.7 Å². The van der Waals surface area contributed by atoms with Crippen molar-refractivity contribution in [1.29, 1.82) is 0 Å². The largest absolute Gasteiger partial charge is 0.497 e. The number of aromatic nitrogens is 2. The van der Waals surface area contributed by atoms with E-state index in [9.17, 15) is 9.59 Å². The van der Waals surface area contributed by atoms with Gasteiger partial charge in [0.25, 0.3) is 0 Å². The van der Waals surface area contributed by atoms with Gasteiger partial charge in [0, 0.05) is 12.0 Å². The number of urea groups is 1. The van der Waals surface area contributed by atoms with Gasteiger partial charge in [0.05, 0.1) is 22.8 Å². The number of methoxy groups -OCH3 is 1. The maximum Gasteiger partial charge on any atom is 0.319 e. The summed E-state index contributed by atoms with van der Waals surface area (Å²) in [7, 11) is 1.58. The van der Waals surface area contributed by atoms with Crippen LogP contribution >= 0.6 is 34.5 Å². The molecule has 3 aromatic carbocycles. The fraction of sp³-hybridized carbons (Fsp3) is 0.120. The fourth-order valence-corrected chi connectivity index (χ4v) is 4.41. The van der Waals surface area contributed by atoms with E-state index in [1.807, 2.05) is 54.6 Å². The normalized spacial score (nSPS) is 11.4. The summed E-state index contributed by atoms with van der Waals surface area (Å²) in [6.45, 7) is 0. The quantitative estimate of drug-likeness (QED) is 0.258. The van der Waals surface area contributed by atoms with Crippen LogP contribution in [0.5, 0.6) is 5.75 Å². The van der Waals surface area contributed by atoms with Crippen molar-refractivity contribution in [3.8, 4) is 16.3 Å². The Balaban J connectivity index is 1.49. The number of nitrogens with one attached hydrogen (secondary N) is 3. The smallest absolute Gasteiger partial charge is 0.319 e. The van der Waals surface area contributed by atoms with Gasteiger partial charge in [0.1, 0.15) is 16.8 Å². The molecular weight excluding hydrogens is 521 g/mol. The zero-order chi connectivity index (χ0) is 25.5. The highest BCUT2D eigenvalue weighted by Crippen LogP contribution is 2.30. The van der Waals surface area contributed by atoms with E-state index < -0.39 is 18.0 Å². The van der Waals surface area contributed by atoms with Crippen LogP contribution in [0.25, 0.3) is 10.6 Å². The monoisotopic (exact) mass is 541 g/mol. The molecule has 1 aromatic heterocycles. The molecule has 0 unspecified atom stereocenters. The number of nitrogens with zero attached hydrogens (tertiary/aromatic N) is 2. The molecule has 3 N–H and O–H groups in total.